The van der Waals surface area contributed by atoms with Gasteiger partial charge < -0.3 is 15.6 Å². The highest BCUT2D eigenvalue weighted by molar-refractivity contribution is 5.98. The Labute approximate surface area is 154 Å². The van der Waals surface area contributed by atoms with Crippen molar-refractivity contribution in [1.29, 1.82) is 0 Å². The van der Waals surface area contributed by atoms with Crippen molar-refractivity contribution in [3.63, 3.8) is 0 Å². The summed E-state index contributed by atoms with van der Waals surface area (Å²) in [5.74, 6) is -0.236. The van der Waals surface area contributed by atoms with Crippen molar-refractivity contribution in [3.05, 3.63) is 41.5 Å². The quantitative estimate of drug-likeness (QED) is 0.440. The van der Waals surface area contributed by atoms with Crippen LogP contribution in [-0.2, 0) is 4.79 Å². The number of imidazole rings is 1. The summed E-state index contributed by atoms with van der Waals surface area (Å²) in [6, 6.07) is 0. The number of carbonyl (C=O) groups is 3. The number of H-pyrrole nitrogens is 1. The molecule has 0 atom stereocenters. The fourth-order valence-electron chi connectivity index (χ4n) is 2.08. The third-order valence-corrected chi connectivity index (χ3v) is 3.62. The zero-order valence-electron chi connectivity index (χ0n) is 15.9. The largest absolute Gasteiger partial charge is 0.359 e. The van der Waals surface area contributed by atoms with E-state index < -0.39 is 0 Å². The number of Topliss-reactive ketones (excluding diaryl/α,β-unsaturated/α-hetero) is 1. The number of amides is 2. The normalized spacial score (nSPS) is 11.8. The Bertz CT molecular complexity index is 687. The molecule has 2 amide bonds. The highest BCUT2D eigenvalue weighted by Crippen LogP contribution is 2.05. The van der Waals surface area contributed by atoms with Gasteiger partial charge in [0.05, 0.1) is 6.20 Å². The van der Waals surface area contributed by atoms with Crippen LogP contribution in [0.4, 0.5) is 0 Å². The Kier molecular flexibility index (Phi) is 9.05. The van der Waals surface area contributed by atoms with E-state index in [4.69, 9.17) is 0 Å². The maximum atomic E-state index is 12.1. The van der Waals surface area contributed by atoms with E-state index in [0.717, 1.165) is 12.0 Å². The third kappa shape index (κ3) is 7.92. The molecule has 0 aliphatic heterocycles. The van der Waals surface area contributed by atoms with Crippen molar-refractivity contribution < 1.29 is 14.4 Å². The van der Waals surface area contributed by atoms with Gasteiger partial charge in [-0.15, -0.1) is 0 Å². The predicted octanol–water partition coefficient (Wildman–Crippen LogP) is 2.40. The van der Waals surface area contributed by atoms with Crippen LogP contribution in [-0.4, -0.2) is 41.2 Å². The number of hydrogen-bond acceptors (Lipinski definition) is 4. The molecule has 142 valence electrons. The Morgan fingerprint density at radius 1 is 1.27 bits per heavy atom. The molecule has 7 heteroatoms. The van der Waals surface area contributed by atoms with Crippen LogP contribution >= 0.6 is 0 Å². The molecule has 26 heavy (non-hydrogen) atoms. The van der Waals surface area contributed by atoms with Crippen LogP contribution < -0.4 is 10.6 Å². The molecule has 0 fully saturated rings. The first kappa shape index (κ1) is 21.3. The SMILES string of the molecule is CNC(=O)CCC(=O)c1cnc(C(=O)NC/C=C(\C)C/C=C/C(C)C)[nH]1. The zero-order chi connectivity index (χ0) is 19.5. The van der Waals surface area contributed by atoms with E-state index in [0.29, 0.717) is 12.5 Å². The van der Waals surface area contributed by atoms with Gasteiger partial charge in [-0.25, -0.2) is 4.98 Å². The van der Waals surface area contributed by atoms with Crippen LogP contribution in [0.1, 0.15) is 61.1 Å². The number of aromatic nitrogens is 2. The smallest absolute Gasteiger partial charge is 0.287 e. The molecule has 0 saturated carbocycles. The monoisotopic (exact) mass is 360 g/mol. The lowest BCUT2D eigenvalue weighted by molar-refractivity contribution is -0.120. The second kappa shape index (κ2) is 11.0. The van der Waals surface area contributed by atoms with Crippen molar-refractivity contribution >= 4 is 17.6 Å². The number of nitrogens with zero attached hydrogens (tertiary/aromatic N) is 1. The summed E-state index contributed by atoms with van der Waals surface area (Å²) in [7, 11) is 1.52. The van der Waals surface area contributed by atoms with E-state index in [1.807, 2.05) is 13.0 Å². The van der Waals surface area contributed by atoms with E-state index in [1.165, 1.54) is 13.2 Å². The molecule has 1 aromatic rings. The van der Waals surface area contributed by atoms with Gasteiger partial charge in [-0.1, -0.05) is 37.6 Å². The van der Waals surface area contributed by atoms with Gasteiger partial charge in [-0.3, -0.25) is 14.4 Å². The summed E-state index contributed by atoms with van der Waals surface area (Å²) in [5, 5.41) is 5.19. The molecular formula is C19H28N4O3. The molecule has 0 aliphatic rings. The maximum absolute atomic E-state index is 12.1. The summed E-state index contributed by atoms with van der Waals surface area (Å²) in [4.78, 5) is 41.8. The van der Waals surface area contributed by atoms with Crippen LogP contribution in [0.15, 0.2) is 30.0 Å². The van der Waals surface area contributed by atoms with E-state index in [2.05, 4.69) is 46.6 Å². The van der Waals surface area contributed by atoms with Crippen LogP contribution in [0, 0.1) is 5.92 Å². The minimum atomic E-state index is -0.378. The van der Waals surface area contributed by atoms with Crippen molar-refractivity contribution in [3.8, 4) is 0 Å². The molecule has 1 rings (SSSR count). The predicted molar refractivity (Wildman–Crippen MR) is 101 cm³/mol. The maximum Gasteiger partial charge on any atom is 0.287 e. The van der Waals surface area contributed by atoms with E-state index >= 15 is 0 Å². The van der Waals surface area contributed by atoms with E-state index in [-0.39, 0.29) is 42.0 Å². The highest BCUT2D eigenvalue weighted by Gasteiger charge is 2.14. The zero-order valence-corrected chi connectivity index (χ0v) is 15.9. The summed E-state index contributed by atoms with van der Waals surface area (Å²) in [5.41, 5.74) is 1.39. The average molecular weight is 360 g/mol. The second-order valence-corrected chi connectivity index (χ2v) is 6.38. The van der Waals surface area contributed by atoms with Crippen molar-refractivity contribution in [2.45, 2.75) is 40.0 Å². The Morgan fingerprint density at radius 2 is 2.00 bits per heavy atom. The van der Waals surface area contributed by atoms with Crippen LogP contribution in [0.3, 0.4) is 0 Å². The molecule has 0 saturated heterocycles. The molecule has 0 unspecified atom stereocenters. The van der Waals surface area contributed by atoms with Crippen LogP contribution in [0.5, 0.6) is 0 Å². The van der Waals surface area contributed by atoms with Gasteiger partial charge >= 0.3 is 0 Å². The molecule has 7 nitrogen and oxygen atoms in total. The molecular weight excluding hydrogens is 332 g/mol. The van der Waals surface area contributed by atoms with Crippen molar-refractivity contribution in [1.82, 2.24) is 20.6 Å². The lowest BCUT2D eigenvalue weighted by Crippen LogP contribution is -2.24. The first-order valence-corrected chi connectivity index (χ1v) is 8.72. The topological polar surface area (TPSA) is 104 Å². The van der Waals surface area contributed by atoms with E-state index in [9.17, 15) is 14.4 Å². The Morgan fingerprint density at radius 3 is 2.65 bits per heavy atom. The summed E-state index contributed by atoms with van der Waals surface area (Å²) < 4.78 is 0. The molecule has 1 heterocycles. The van der Waals surface area contributed by atoms with Gasteiger partial charge in [-0.2, -0.15) is 0 Å². The minimum absolute atomic E-state index is 0.0642. The molecule has 3 N–H and O–H groups in total. The fourth-order valence-corrected chi connectivity index (χ4v) is 2.08. The number of nitrogens with one attached hydrogen (secondary N) is 3. The standard InChI is InChI=1S/C19H28N4O3/c1-13(2)6-5-7-14(3)10-11-21-19(26)18-22-12-15(23-18)16(24)8-9-17(25)20-4/h5-6,10,12-13H,7-9,11H2,1-4H3,(H,20,25)(H,21,26)(H,22,23)/b6-5+,14-10+. The van der Waals surface area contributed by atoms with Gasteiger partial charge in [-0.05, 0) is 19.3 Å². The molecule has 0 spiro atoms. The van der Waals surface area contributed by atoms with Crippen molar-refractivity contribution in [2.75, 3.05) is 13.6 Å². The Balaban J connectivity index is 2.47. The lowest BCUT2D eigenvalue weighted by atomic mass is 10.1. The minimum Gasteiger partial charge on any atom is -0.359 e. The highest BCUT2D eigenvalue weighted by atomic mass is 16.2. The lowest BCUT2D eigenvalue weighted by Gasteiger charge is -2.01. The summed E-state index contributed by atoms with van der Waals surface area (Å²) in [6.07, 6.45) is 8.53. The first-order chi connectivity index (χ1) is 12.3. The molecule has 0 aromatic carbocycles. The number of rotatable bonds is 10. The molecule has 0 aliphatic carbocycles. The number of allylic oxidation sites excluding steroid dienone is 3. The van der Waals surface area contributed by atoms with E-state index in [1.54, 1.807) is 0 Å². The molecule has 0 bridgehead atoms. The van der Waals surface area contributed by atoms with Gasteiger partial charge in [0, 0.05) is 26.4 Å². The number of ketones is 1. The number of hydrogen-bond donors (Lipinski definition) is 3. The molecule has 0 radical (unpaired) electrons. The number of carbonyl (C=O) groups excluding carboxylic acids is 3. The van der Waals surface area contributed by atoms with Crippen molar-refractivity contribution in [2.24, 2.45) is 5.92 Å². The Hall–Kier alpha value is -2.70. The summed E-state index contributed by atoms with van der Waals surface area (Å²) >= 11 is 0. The third-order valence-electron chi connectivity index (χ3n) is 3.62. The number of aromatic amines is 1. The first-order valence-electron chi connectivity index (χ1n) is 8.72. The molecule has 1 aromatic heterocycles. The van der Waals surface area contributed by atoms with Crippen LogP contribution in [0.25, 0.3) is 0 Å². The van der Waals surface area contributed by atoms with Gasteiger partial charge in [0.15, 0.2) is 11.6 Å². The van der Waals surface area contributed by atoms with Gasteiger partial charge in [0.1, 0.15) is 5.69 Å². The average Bonchev–Trinajstić information content (AvgIpc) is 3.09. The van der Waals surface area contributed by atoms with Gasteiger partial charge in [0.2, 0.25) is 5.91 Å². The van der Waals surface area contributed by atoms with Crippen LogP contribution in [0.2, 0.25) is 0 Å². The fraction of sp³-hybridized carbons (Fsp3) is 0.474. The second-order valence-electron chi connectivity index (χ2n) is 6.38. The summed E-state index contributed by atoms with van der Waals surface area (Å²) in [6.45, 7) is 6.64. The van der Waals surface area contributed by atoms with Gasteiger partial charge in [0.25, 0.3) is 5.91 Å².